The lowest BCUT2D eigenvalue weighted by atomic mass is 9.92. The zero-order valence-electron chi connectivity index (χ0n) is 12.0. The molecule has 1 aliphatic rings. The molecule has 1 aliphatic carbocycles. The van der Waals surface area contributed by atoms with Crippen molar-refractivity contribution in [1.82, 2.24) is 5.32 Å². The lowest BCUT2D eigenvalue weighted by molar-refractivity contribution is -0.123. The van der Waals surface area contributed by atoms with Crippen molar-refractivity contribution in [3.63, 3.8) is 0 Å². The molecule has 0 aromatic carbocycles. The van der Waals surface area contributed by atoms with E-state index in [1.54, 1.807) is 0 Å². The van der Waals surface area contributed by atoms with E-state index in [-0.39, 0.29) is 11.3 Å². The van der Waals surface area contributed by atoms with Crippen LogP contribution in [0, 0.1) is 5.41 Å². The summed E-state index contributed by atoms with van der Waals surface area (Å²) in [5, 5.41) is 2.90. The predicted molar refractivity (Wildman–Crippen MR) is 73.3 cm³/mol. The van der Waals surface area contributed by atoms with Crippen molar-refractivity contribution >= 4 is 5.91 Å². The molecule has 1 amide bonds. The molecular weight excluding hydrogens is 228 g/mol. The summed E-state index contributed by atoms with van der Waals surface area (Å²) < 4.78 is 5.74. The van der Waals surface area contributed by atoms with Gasteiger partial charge in [-0.05, 0) is 31.1 Å². The van der Waals surface area contributed by atoms with Crippen LogP contribution in [0.15, 0.2) is 0 Å². The number of nitrogens with one attached hydrogen (secondary N) is 1. The van der Waals surface area contributed by atoms with Crippen LogP contribution in [-0.4, -0.2) is 31.2 Å². The fourth-order valence-electron chi connectivity index (χ4n) is 2.22. The lowest BCUT2D eigenvalue weighted by Crippen LogP contribution is -2.33. The Balaban J connectivity index is 2.03. The lowest BCUT2D eigenvalue weighted by Gasteiger charge is -2.26. The largest absolute Gasteiger partial charge is 0.376 e. The molecule has 0 atom stereocenters. The number of hydrogen-bond acceptors (Lipinski definition) is 3. The van der Waals surface area contributed by atoms with E-state index in [9.17, 15) is 4.79 Å². The quantitative estimate of drug-likeness (QED) is 0.738. The zero-order valence-corrected chi connectivity index (χ0v) is 12.0. The van der Waals surface area contributed by atoms with Crippen molar-refractivity contribution in [2.24, 2.45) is 11.1 Å². The molecule has 4 nitrogen and oxygen atoms in total. The van der Waals surface area contributed by atoms with E-state index in [4.69, 9.17) is 10.5 Å². The summed E-state index contributed by atoms with van der Waals surface area (Å²) in [5.41, 5.74) is 5.88. The number of rotatable bonds is 5. The van der Waals surface area contributed by atoms with Crippen molar-refractivity contribution in [3.8, 4) is 0 Å². The number of amides is 1. The Hall–Kier alpha value is -0.610. The summed E-state index contributed by atoms with van der Waals surface area (Å²) >= 11 is 0. The van der Waals surface area contributed by atoms with E-state index in [2.05, 4.69) is 26.1 Å². The van der Waals surface area contributed by atoms with Gasteiger partial charge in [0, 0.05) is 19.0 Å². The van der Waals surface area contributed by atoms with E-state index >= 15 is 0 Å². The molecule has 1 saturated carbocycles. The molecule has 106 valence electrons. The van der Waals surface area contributed by atoms with Crippen LogP contribution in [-0.2, 0) is 9.53 Å². The van der Waals surface area contributed by atoms with Crippen molar-refractivity contribution in [3.05, 3.63) is 0 Å². The average Bonchev–Trinajstić information content (AvgIpc) is 2.24. The van der Waals surface area contributed by atoms with Gasteiger partial charge in [-0.15, -0.1) is 0 Å². The number of hydrogen-bond donors (Lipinski definition) is 2. The Morgan fingerprint density at radius 2 is 1.89 bits per heavy atom. The first-order valence-electron chi connectivity index (χ1n) is 7.01. The third-order valence-electron chi connectivity index (χ3n) is 3.19. The fourth-order valence-corrected chi connectivity index (χ4v) is 2.22. The van der Waals surface area contributed by atoms with E-state index in [1.807, 2.05) is 0 Å². The van der Waals surface area contributed by atoms with E-state index in [0.717, 1.165) is 25.7 Å². The molecule has 1 rings (SSSR count). The molecule has 0 radical (unpaired) electrons. The molecule has 18 heavy (non-hydrogen) atoms. The van der Waals surface area contributed by atoms with Crippen molar-refractivity contribution in [1.29, 1.82) is 0 Å². The van der Waals surface area contributed by atoms with Crippen LogP contribution >= 0.6 is 0 Å². The standard InChI is InChI=1S/C14H28N2O2/c1-14(2,3)10-13(17)16-8-9-18-12-6-4-11(15)5-7-12/h11-12H,4-10,15H2,1-3H3,(H,16,17). The number of carbonyl (C=O) groups excluding carboxylic acids is 1. The second-order valence-corrected chi connectivity index (χ2v) is 6.49. The average molecular weight is 256 g/mol. The molecular formula is C14H28N2O2. The Labute approximate surface area is 111 Å². The Kier molecular flexibility index (Phi) is 6.09. The van der Waals surface area contributed by atoms with Gasteiger partial charge < -0.3 is 15.8 Å². The van der Waals surface area contributed by atoms with Crippen molar-refractivity contribution in [2.75, 3.05) is 13.2 Å². The van der Waals surface area contributed by atoms with E-state index in [0.29, 0.717) is 31.7 Å². The predicted octanol–water partition coefficient (Wildman–Crippen LogP) is 1.83. The number of nitrogens with two attached hydrogens (primary N) is 1. The van der Waals surface area contributed by atoms with Crippen LogP contribution in [0.2, 0.25) is 0 Å². The van der Waals surface area contributed by atoms with Gasteiger partial charge in [0.15, 0.2) is 0 Å². The third kappa shape index (κ3) is 6.97. The molecule has 0 spiro atoms. The van der Waals surface area contributed by atoms with Crippen LogP contribution in [0.4, 0.5) is 0 Å². The first-order valence-corrected chi connectivity index (χ1v) is 7.01. The van der Waals surface area contributed by atoms with Crippen molar-refractivity contribution < 1.29 is 9.53 Å². The minimum Gasteiger partial charge on any atom is -0.376 e. The monoisotopic (exact) mass is 256 g/mol. The Morgan fingerprint density at radius 1 is 1.28 bits per heavy atom. The smallest absolute Gasteiger partial charge is 0.220 e. The summed E-state index contributed by atoms with van der Waals surface area (Å²) in [6.45, 7) is 7.41. The highest BCUT2D eigenvalue weighted by atomic mass is 16.5. The molecule has 0 unspecified atom stereocenters. The molecule has 0 aromatic heterocycles. The first-order chi connectivity index (χ1) is 8.37. The van der Waals surface area contributed by atoms with Gasteiger partial charge in [-0.2, -0.15) is 0 Å². The summed E-state index contributed by atoms with van der Waals surface area (Å²) in [7, 11) is 0. The van der Waals surface area contributed by atoms with Crippen LogP contribution < -0.4 is 11.1 Å². The normalized spacial score (nSPS) is 24.9. The van der Waals surface area contributed by atoms with Gasteiger partial charge in [-0.3, -0.25) is 4.79 Å². The molecule has 0 heterocycles. The molecule has 0 aliphatic heterocycles. The second-order valence-electron chi connectivity index (χ2n) is 6.49. The first kappa shape index (κ1) is 15.4. The van der Waals surface area contributed by atoms with Gasteiger partial charge in [0.1, 0.15) is 0 Å². The third-order valence-corrected chi connectivity index (χ3v) is 3.19. The molecule has 0 bridgehead atoms. The van der Waals surface area contributed by atoms with Crippen LogP contribution in [0.25, 0.3) is 0 Å². The number of carbonyl (C=O) groups is 1. The van der Waals surface area contributed by atoms with Crippen LogP contribution in [0.5, 0.6) is 0 Å². The maximum Gasteiger partial charge on any atom is 0.220 e. The molecule has 1 fully saturated rings. The molecule has 3 N–H and O–H groups in total. The van der Waals surface area contributed by atoms with E-state index < -0.39 is 0 Å². The second kappa shape index (κ2) is 7.10. The summed E-state index contributed by atoms with van der Waals surface area (Å²) in [5.74, 6) is 0.108. The highest BCUT2D eigenvalue weighted by Crippen LogP contribution is 2.19. The topological polar surface area (TPSA) is 64.3 Å². The maximum atomic E-state index is 11.6. The van der Waals surface area contributed by atoms with Gasteiger partial charge in [0.25, 0.3) is 0 Å². The minimum atomic E-state index is 0.0461. The summed E-state index contributed by atoms with van der Waals surface area (Å²) in [6.07, 6.45) is 5.12. The van der Waals surface area contributed by atoms with E-state index in [1.165, 1.54) is 0 Å². The Bertz CT molecular complexity index is 253. The van der Waals surface area contributed by atoms with Gasteiger partial charge in [-0.25, -0.2) is 0 Å². The van der Waals surface area contributed by atoms with Crippen LogP contribution in [0.3, 0.4) is 0 Å². The summed E-state index contributed by atoms with van der Waals surface area (Å²) in [6, 6.07) is 0.358. The summed E-state index contributed by atoms with van der Waals surface area (Å²) in [4.78, 5) is 11.6. The maximum absolute atomic E-state index is 11.6. The fraction of sp³-hybridized carbons (Fsp3) is 0.929. The molecule has 4 heteroatoms. The highest BCUT2D eigenvalue weighted by molar-refractivity contribution is 5.76. The minimum absolute atomic E-state index is 0.0461. The SMILES string of the molecule is CC(C)(C)CC(=O)NCCOC1CCC(N)CC1. The van der Waals surface area contributed by atoms with Gasteiger partial charge in [-0.1, -0.05) is 20.8 Å². The van der Waals surface area contributed by atoms with Gasteiger partial charge in [0.05, 0.1) is 12.7 Å². The van der Waals surface area contributed by atoms with Gasteiger partial charge >= 0.3 is 0 Å². The Morgan fingerprint density at radius 3 is 2.44 bits per heavy atom. The van der Waals surface area contributed by atoms with Crippen molar-refractivity contribution in [2.45, 2.75) is 65.0 Å². The number of ether oxygens (including phenoxy) is 1. The molecule has 0 aromatic rings. The van der Waals surface area contributed by atoms with Crippen LogP contribution in [0.1, 0.15) is 52.9 Å². The highest BCUT2D eigenvalue weighted by Gasteiger charge is 2.19. The van der Waals surface area contributed by atoms with Gasteiger partial charge in [0.2, 0.25) is 5.91 Å². The zero-order chi connectivity index (χ0) is 13.6. The molecule has 0 saturated heterocycles.